The third-order valence-electron chi connectivity index (χ3n) is 9.34. The summed E-state index contributed by atoms with van der Waals surface area (Å²) in [6.07, 6.45) is 28.8. The number of H-pyrrole nitrogens is 1. The Hall–Kier alpha value is -2.35. The molecule has 0 aliphatic rings. The summed E-state index contributed by atoms with van der Waals surface area (Å²) < 4.78 is 2.54. The van der Waals surface area contributed by atoms with E-state index in [2.05, 4.69) is 103 Å². The van der Waals surface area contributed by atoms with E-state index < -0.39 is 0 Å². The molecule has 0 saturated carbocycles. The van der Waals surface area contributed by atoms with E-state index >= 15 is 0 Å². The van der Waals surface area contributed by atoms with Gasteiger partial charge in [-0.1, -0.05) is 171 Å². The summed E-state index contributed by atoms with van der Waals surface area (Å²) >= 11 is 0. The molecule has 2 unspecified atom stereocenters. The standard InChI is InChI=1S/C39H60N2/c1-4-6-8-9-10-11-12-13-14-15-16-17-24-30-37(38-40-31-33-41(38)32-25-7-5-2)39(3,36-28-22-19-23-29-36)34-35-26-20-18-21-27-35/h18-23,26-29,31,33,37H,4-17,24-25,30,32,34H2,1-3H3/p+1. The van der Waals surface area contributed by atoms with E-state index in [1.807, 2.05) is 0 Å². The molecule has 2 atom stereocenters. The molecule has 0 amide bonds. The van der Waals surface area contributed by atoms with Crippen molar-refractivity contribution in [1.82, 2.24) is 4.98 Å². The second-order valence-electron chi connectivity index (χ2n) is 12.8. The number of aromatic amines is 1. The van der Waals surface area contributed by atoms with Crippen LogP contribution in [0.1, 0.15) is 153 Å². The van der Waals surface area contributed by atoms with Crippen molar-refractivity contribution in [2.75, 3.05) is 0 Å². The van der Waals surface area contributed by atoms with Gasteiger partial charge in [0.1, 0.15) is 12.4 Å². The number of hydrogen-bond acceptors (Lipinski definition) is 0. The first kappa shape index (κ1) is 33.2. The maximum absolute atomic E-state index is 3.75. The van der Waals surface area contributed by atoms with E-state index in [0.29, 0.717) is 5.92 Å². The minimum atomic E-state index is 0.0110. The van der Waals surface area contributed by atoms with Gasteiger partial charge in [-0.05, 0) is 36.8 Å². The Bertz CT molecular complexity index is 1020. The fourth-order valence-corrected chi connectivity index (χ4v) is 6.79. The van der Waals surface area contributed by atoms with E-state index in [9.17, 15) is 0 Å². The van der Waals surface area contributed by atoms with Gasteiger partial charge in [0.15, 0.2) is 0 Å². The zero-order chi connectivity index (χ0) is 29.0. The smallest absolute Gasteiger partial charge is 0.247 e. The third kappa shape index (κ3) is 11.4. The van der Waals surface area contributed by atoms with Crippen molar-refractivity contribution in [1.29, 1.82) is 0 Å². The molecular weight excluding hydrogens is 496 g/mol. The van der Waals surface area contributed by atoms with Crippen molar-refractivity contribution in [3.05, 3.63) is 90.0 Å². The van der Waals surface area contributed by atoms with Crippen LogP contribution in [0.25, 0.3) is 0 Å². The quantitative estimate of drug-likeness (QED) is 0.0883. The van der Waals surface area contributed by atoms with E-state index in [4.69, 9.17) is 0 Å². The van der Waals surface area contributed by atoms with E-state index in [-0.39, 0.29) is 5.41 Å². The highest BCUT2D eigenvalue weighted by Crippen LogP contribution is 2.43. The van der Waals surface area contributed by atoms with E-state index in [0.717, 1.165) is 13.0 Å². The SMILES string of the molecule is CCCCCCCCCCCCCCCC(c1[nH]cc[n+]1CCCCC)C(C)(Cc1ccccc1)c1ccccc1. The summed E-state index contributed by atoms with van der Waals surface area (Å²) in [4.78, 5) is 3.75. The molecule has 3 rings (SSSR count). The Kier molecular flexibility index (Phi) is 15.9. The number of aryl methyl sites for hydroxylation is 1. The first-order valence-electron chi connectivity index (χ1n) is 17.3. The van der Waals surface area contributed by atoms with E-state index in [1.165, 1.54) is 126 Å². The molecule has 226 valence electrons. The molecule has 2 heteroatoms. The van der Waals surface area contributed by atoms with Crippen LogP contribution in [0, 0.1) is 0 Å². The summed E-state index contributed by atoms with van der Waals surface area (Å²) in [5.41, 5.74) is 2.90. The van der Waals surface area contributed by atoms with Crippen molar-refractivity contribution >= 4 is 0 Å². The van der Waals surface area contributed by atoms with Gasteiger partial charge in [-0.3, -0.25) is 0 Å². The highest BCUT2D eigenvalue weighted by atomic mass is 15.1. The summed E-state index contributed by atoms with van der Waals surface area (Å²) in [5, 5.41) is 0. The van der Waals surface area contributed by atoms with Crippen LogP contribution in [0.15, 0.2) is 73.1 Å². The summed E-state index contributed by atoms with van der Waals surface area (Å²) in [5.74, 6) is 1.86. The molecule has 3 aromatic rings. The molecule has 0 aliphatic heterocycles. The summed E-state index contributed by atoms with van der Waals surface area (Å²) in [6.45, 7) is 8.24. The number of unbranched alkanes of at least 4 members (excludes halogenated alkanes) is 14. The van der Waals surface area contributed by atoms with Gasteiger partial charge in [0.2, 0.25) is 0 Å². The van der Waals surface area contributed by atoms with E-state index in [1.54, 1.807) is 0 Å². The number of nitrogens with zero attached hydrogens (tertiary/aromatic N) is 1. The number of rotatable bonds is 23. The molecule has 41 heavy (non-hydrogen) atoms. The Morgan fingerprint density at radius 2 is 1.15 bits per heavy atom. The fraction of sp³-hybridized carbons (Fsp3) is 0.615. The van der Waals surface area contributed by atoms with Gasteiger partial charge in [0, 0.05) is 5.41 Å². The molecule has 0 bridgehead atoms. The van der Waals surface area contributed by atoms with Crippen LogP contribution in [-0.4, -0.2) is 4.98 Å². The predicted octanol–water partition coefficient (Wildman–Crippen LogP) is 11.3. The van der Waals surface area contributed by atoms with Crippen LogP contribution >= 0.6 is 0 Å². The number of imidazole rings is 1. The van der Waals surface area contributed by atoms with Crippen molar-refractivity contribution in [3.8, 4) is 0 Å². The van der Waals surface area contributed by atoms with Crippen LogP contribution < -0.4 is 4.57 Å². The lowest BCUT2D eigenvalue weighted by Crippen LogP contribution is -2.43. The van der Waals surface area contributed by atoms with Crippen LogP contribution in [0.4, 0.5) is 0 Å². The molecule has 1 N–H and O–H groups in total. The molecule has 0 saturated heterocycles. The van der Waals surface area contributed by atoms with Crippen molar-refractivity contribution in [2.45, 2.75) is 154 Å². The van der Waals surface area contributed by atoms with Gasteiger partial charge in [0.25, 0.3) is 5.82 Å². The second-order valence-corrected chi connectivity index (χ2v) is 12.8. The fourth-order valence-electron chi connectivity index (χ4n) is 6.79. The predicted molar refractivity (Wildman–Crippen MR) is 178 cm³/mol. The number of aromatic nitrogens is 2. The number of benzene rings is 2. The molecule has 1 aromatic heterocycles. The maximum atomic E-state index is 3.75. The monoisotopic (exact) mass is 557 g/mol. The molecular formula is C39H61N2+. The minimum Gasteiger partial charge on any atom is -0.247 e. The van der Waals surface area contributed by atoms with Crippen molar-refractivity contribution in [2.24, 2.45) is 0 Å². The number of nitrogens with one attached hydrogen (secondary N) is 1. The zero-order valence-corrected chi connectivity index (χ0v) is 26.9. The van der Waals surface area contributed by atoms with Gasteiger partial charge in [-0.15, -0.1) is 0 Å². The van der Waals surface area contributed by atoms with Gasteiger partial charge in [0.05, 0.1) is 12.5 Å². The first-order chi connectivity index (χ1) is 20.2. The van der Waals surface area contributed by atoms with Gasteiger partial charge < -0.3 is 0 Å². The summed E-state index contributed by atoms with van der Waals surface area (Å²) in [7, 11) is 0. The van der Waals surface area contributed by atoms with Crippen molar-refractivity contribution < 1.29 is 4.57 Å². The van der Waals surface area contributed by atoms with Gasteiger partial charge in [-0.25, -0.2) is 9.55 Å². The molecule has 0 aliphatic carbocycles. The zero-order valence-electron chi connectivity index (χ0n) is 26.9. The van der Waals surface area contributed by atoms with Gasteiger partial charge >= 0.3 is 0 Å². The van der Waals surface area contributed by atoms with Crippen LogP contribution in [0.3, 0.4) is 0 Å². The Morgan fingerprint density at radius 1 is 0.634 bits per heavy atom. The lowest BCUT2D eigenvalue weighted by molar-refractivity contribution is -0.705. The van der Waals surface area contributed by atoms with Crippen LogP contribution in [-0.2, 0) is 18.4 Å². The molecule has 0 radical (unpaired) electrons. The van der Waals surface area contributed by atoms with Crippen LogP contribution in [0.5, 0.6) is 0 Å². The van der Waals surface area contributed by atoms with Crippen molar-refractivity contribution in [3.63, 3.8) is 0 Å². The Morgan fingerprint density at radius 3 is 1.73 bits per heavy atom. The highest BCUT2D eigenvalue weighted by molar-refractivity contribution is 5.32. The third-order valence-corrected chi connectivity index (χ3v) is 9.34. The van der Waals surface area contributed by atoms with Gasteiger partial charge in [-0.2, -0.15) is 0 Å². The maximum Gasteiger partial charge on any atom is 0.258 e. The average Bonchev–Trinajstić information content (AvgIpc) is 3.46. The second kappa shape index (κ2) is 19.7. The Labute approximate surface area is 253 Å². The molecule has 2 nitrogen and oxygen atoms in total. The highest BCUT2D eigenvalue weighted by Gasteiger charge is 2.41. The number of hydrogen-bond donors (Lipinski definition) is 1. The largest absolute Gasteiger partial charge is 0.258 e. The lowest BCUT2D eigenvalue weighted by atomic mass is 9.66. The molecule has 1 heterocycles. The normalized spacial score (nSPS) is 13.7. The first-order valence-corrected chi connectivity index (χ1v) is 17.3. The minimum absolute atomic E-state index is 0.0110. The molecule has 0 spiro atoms. The summed E-state index contributed by atoms with van der Waals surface area (Å²) in [6, 6.07) is 22.5. The lowest BCUT2D eigenvalue weighted by Gasteiger charge is -2.37. The Balaban J connectivity index is 1.64. The molecule has 0 fully saturated rings. The topological polar surface area (TPSA) is 19.7 Å². The average molecular weight is 558 g/mol. The molecule has 2 aromatic carbocycles. The van der Waals surface area contributed by atoms with Crippen LogP contribution in [0.2, 0.25) is 0 Å².